The molecule has 3 rings (SSSR count). The van der Waals surface area contributed by atoms with Gasteiger partial charge in [0.2, 0.25) is 0 Å². The molecule has 1 fully saturated rings. The minimum absolute atomic E-state index is 0.0601. The lowest BCUT2D eigenvalue weighted by Gasteiger charge is -2.10. The van der Waals surface area contributed by atoms with Gasteiger partial charge in [-0.05, 0) is 25.0 Å². The van der Waals surface area contributed by atoms with Crippen LogP contribution in [0.5, 0.6) is 0 Å². The first-order chi connectivity index (χ1) is 10.9. The predicted molar refractivity (Wildman–Crippen MR) is 81.3 cm³/mol. The third-order valence-corrected chi connectivity index (χ3v) is 4.26. The van der Waals surface area contributed by atoms with Gasteiger partial charge < -0.3 is 5.32 Å². The van der Waals surface area contributed by atoms with Gasteiger partial charge in [0.25, 0.3) is 0 Å². The topological polar surface area (TPSA) is 42.7 Å². The minimum Gasteiger partial charge on any atom is -0.363 e. The van der Waals surface area contributed by atoms with Gasteiger partial charge in [-0.25, -0.2) is 4.98 Å². The van der Waals surface area contributed by atoms with Crippen molar-refractivity contribution in [2.45, 2.75) is 44.4 Å². The Kier molecular flexibility index (Phi) is 4.48. The summed E-state index contributed by atoms with van der Waals surface area (Å²) in [6.07, 6.45) is 2.99. The van der Waals surface area contributed by atoms with Crippen LogP contribution in [0.3, 0.4) is 0 Å². The SMILES string of the molecule is FC(F)(F)c1cnc(NCc2ccn(C3CCCC3)n2)c(Cl)c1. The molecule has 0 aromatic carbocycles. The molecule has 2 heterocycles. The highest BCUT2D eigenvalue weighted by atomic mass is 35.5. The first kappa shape index (κ1) is 16.1. The Bertz CT molecular complexity index is 678. The van der Waals surface area contributed by atoms with Gasteiger partial charge in [-0.3, -0.25) is 4.68 Å². The van der Waals surface area contributed by atoms with E-state index in [1.807, 2.05) is 16.9 Å². The highest BCUT2D eigenvalue weighted by Gasteiger charge is 2.31. The molecule has 2 aromatic heterocycles. The number of nitrogens with zero attached hydrogens (tertiary/aromatic N) is 3. The Morgan fingerprint density at radius 3 is 2.70 bits per heavy atom. The quantitative estimate of drug-likeness (QED) is 0.875. The van der Waals surface area contributed by atoms with Gasteiger partial charge in [-0.2, -0.15) is 18.3 Å². The molecular weight excluding hydrogens is 329 g/mol. The first-order valence-electron chi connectivity index (χ1n) is 7.44. The van der Waals surface area contributed by atoms with Crippen molar-refractivity contribution in [3.8, 4) is 0 Å². The highest BCUT2D eigenvalue weighted by molar-refractivity contribution is 6.32. The van der Waals surface area contributed by atoms with E-state index in [4.69, 9.17) is 11.6 Å². The van der Waals surface area contributed by atoms with E-state index < -0.39 is 11.7 Å². The number of pyridine rings is 1. The van der Waals surface area contributed by atoms with E-state index in [9.17, 15) is 13.2 Å². The maximum absolute atomic E-state index is 12.6. The van der Waals surface area contributed by atoms with Crippen LogP contribution in [0.25, 0.3) is 0 Å². The normalized spacial score (nSPS) is 16.0. The minimum atomic E-state index is -4.45. The lowest BCUT2D eigenvalue weighted by Crippen LogP contribution is -2.09. The zero-order chi connectivity index (χ0) is 16.4. The number of hydrogen-bond donors (Lipinski definition) is 1. The Labute approximate surface area is 136 Å². The third kappa shape index (κ3) is 3.77. The molecule has 0 radical (unpaired) electrons. The zero-order valence-electron chi connectivity index (χ0n) is 12.3. The largest absolute Gasteiger partial charge is 0.417 e. The van der Waals surface area contributed by atoms with Crippen molar-refractivity contribution < 1.29 is 13.2 Å². The van der Waals surface area contributed by atoms with Crippen LogP contribution in [0.1, 0.15) is 43.0 Å². The molecule has 124 valence electrons. The van der Waals surface area contributed by atoms with E-state index in [2.05, 4.69) is 15.4 Å². The lowest BCUT2D eigenvalue weighted by atomic mass is 10.3. The first-order valence-corrected chi connectivity index (χ1v) is 7.82. The van der Waals surface area contributed by atoms with Gasteiger partial charge >= 0.3 is 6.18 Å². The molecule has 4 nitrogen and oxygen atoms in total. The summed E-state index contributed by atoms with van der Waals surface area (Å²) in [4.78, 5) is 3.75. The van der Waals surface area contributed by atoms with E-state index >= 15 is 0 Å². The number of aromatic nitrogens is 3. The summed E-state index contributed by atoms with van der Waals surface area (Å²) >= 11 is 5.86. The van der Waals surface area contributed by atoms with Gasteiger partial charge in [0, 0.05) is 12.4 Å². The molecule has 8 heteroatoms. The van der Waals surface area contributed by atoms with Crippen LogP contribution < -0.4 is 5.32 Å². The monoisotopic (exact) mass is 344 g/mol. The third-order valence-electron chi connectivity index (χ3n) is 3.97. The number of halogens is 4. The van der Waals surface area contributed by atoms with Crippen LogP contribution in [0.15, 0.2) is 24.5 Å². The molecule has 23 heavy (non-hydrogen) atoms. The molecule has 1 aliphatic carbocycles. The van der Waals surface area contributed by atoms with Crippen molar-refractivity contribution in [3.63, 3.8) is 0 Å². The molecule has 1 aliphatic rings. The summed E-state index contributed by atoms with van der Waals surface area (Å²) in [7, 11) is 0. The number of hydrogen-bond acceptors (Lipinski definition) is 3. The van der Waals surface area contributed by atoms with Crippen LogP contribution in [-0.2, 0) is 12.7 Å². The Balaban J connectivity index is 1.64. The molecule has 0 atom stereocenters. The Hall–Kier alpha value is -1.76. The Morgan fingerprint density at radius 1 is 1.30 bits per heavy atom. The average molecular weight is 345 g/mol. The molecule has 0 saturated heterocycles. The van der Waals surface area contributed by atoms with Gasteiger partial charge in [-0.1, -0.05) is 24.4 Å². The average Bonchev–Trinajstić information content (AvgIpc) is 3.16. The van der Waals surface area contributed by atoms with E-state index in [0.29, 0.717) is 12.6 Å². The summed E-state index contributed by atoms with van der Waals surface area (Å²) in [5.74, 6) is 0.218. The van der Waals surface area contributed by atoms with E-state index in [1.165, 1.54) is 12.8 Å². The molecular formula is C15H16ClF3N4. The fourth-order valence-electron chi connectivity index (χ4n) is 2.74. The number of nitrogens with one attached hydrogen (secondary N) is 1. The van der Waals surface area contributed by atoms with E-state index in [1.54, 1.807) is 0 Å². The maximum Gasteiger partial charge on any atom is 0.417 e. The van der Waals surface area contributed by atoms with Crippen LogP contribution >= 0.6 is 11.6 Å². The molecule has 2 aromatic rings. The summed E-state index contributed by atoms with van der Waals surface area (Å²) in [5.41, 5.74) is -0.0618. The molecule has 0 spiro atoms. The molecule has 1 saturated carbocycles. The van der Waals surface area contributed by atoms with Crippen molar-refractivity contribution in [2.75, 3.05) is 5.32 Å². The standard InChI is InChI=1S/C15H16ClF3N4/c16-13-7-10(15(17,18)19)8-20-14(13)21-9-11-5-6-23(22-11)12-3-1-2-4-12/h5-8,12H,1-4,9H2,(H,20,21). The van der Waals surface area contributed by atoms with Gasteiger partial charge in [-0.15, -0.1) is 0 Å². The van der Waals surface area contributed by atoms with Crippen molar-refractivity contribution in [1.82, 2.24) is 14.8 Å². The molecule has 0 unspecified atom stereocenters. The number of alkyl halides is 3. The van der Waals surface area contributed by atoms with E-state index in [0.717, 1.165) is 30.8 Å². The predicted octanol–water partition coefficient (Wildman–Crippen LogP) is 4.68. The fraction of sp³-hybridized carbons (Fsp3) is 0.467. The van der Waals surface area contributed by atoms with Crippen molar-refractivity contribution >= 4 is 17.4 Å². The molecule has 0 bridgehead atoms. The summed E-state index contributed by atoms with van der Waals surface area (Å²) in [5, 5.41) is 7.36. The molecule has 0 amide bonds. The second-order valence-electron chi connectivity index (χ2n) is 5.63. The van der Waals surface area contributed by atoms with Crippen molar-refractivity contribution in [3.05, 3.63) is 40.8 Å². The van der Waals surface area contributed by atoms with Crippen molar-refractivity contribution in [2.24, 2.45) is 0 Å². The van der Waals surface area contributed by atoms with Gasteiger partial charge in [0.1, 0.15) is 5.82 Å². The number of rotatable bonds is 4. The van der Waals surface area contributed by atoms with Crippen LogP contribution in [0.2, 0.25) is 5.02 Å². The van der Waals surface area contributed by atoms with Crippen LogP contribution in [0, 0.1) is 0 Å². The lowest BCUT2D eigenvalue weighted by molar-refractivity contribution is -0.137. The zero-order valence-corrected chi connectivity index (χ0v) is 13.0. The smallest absolute Gasteiger partial charge is 0.363 e. The van der Waals surface area contributed by atoms with E-state index in [-0.39, 0.29) is 10.8 Å². The highest BCUT2D eigenvalue weighted by Crippen LogP contribution is 2.32. The van der Waals surface area contributed by atoms with Gasteiger partial charge in [0.05, 0.1) is 28.9 Å². The second-order valence-corrected chi connectivity index (χ2v) is 6.04. The summed E-state index contributed by atoms with van der Waals surface area (Å²) in [6.45, 7) is 0.359. The maximum atomic E-state index is 12.6. The Morgan fingerprint density at radius 2 is 2.04 bits per heavy atom. The van der Waals surface area contributed by atoms with Crippen LogP contribution in [0.4, 0.5) is 19.0 Å². The second kappa shape index (κ2) is 6.39. The van der Waals surface area contributed by atoms with Gasteiger partial charge in [0.15, 0.2) is 0 Å². The van der Waals surface area contributed by atoms with Crippen LogP contribution in [-0.4, -0.2) is 14.8 Å². The number of anilines is 1. The molecule has 1 N–H and O–H groups in total. The summed E-state index contributed by atoms with van der Waals surface area (Å²) in [6, 6.07) is 3.22. The molecule has 0 aliphatic heterocycles. The summed E-state index contributed by atoms with van der Waals surface area (Å²) < 4.78 is 39.7. The van der Waals surface area contributed by atoms with Crippen molar-refractivity contribution in [1.29, 1.82) is 0 Å². The fourth-order valence-corrected chi connectivity index (χ4v) is 2.97.